The smallest absolute Gasteiger partial charge is 0.328 e. The van der Waals surface area contributed by atoms with Crippen molar-refractivity contribution >= 4 is 10.9 Å². The van der Waals surface area contributed by atoms with Crippen molar-refractivity contribution in [2.24, 2.45) is 5.92 Å². The van der Waals surface area contributed by atoms with E-state index in [2.05, 4.69) is 22.4 Å². The van der Waals surface area contributed by atoms with Gasteiger partial charge in [0.05, 0.1) is 18.0 Å². The van der Waals surface area contributed by atoms with Crippen LogP contribution >= 0.6 is 0 Å². The zero-order valence-corrected chi connectivity index (χ0v) is 17.8. The van der Waals surface area contributed by atoms with E-state index in [0.29, 0.717) is 47.2 Å². The standard InChI is InChI=1S/C24H25N3O5/c1-30-19-4-2-3-15-14(19)6-5-13-11-25-17(22(13)15)7-8-27-23(28)16-9-20-21(32-12-31-20)10-18(16)26-24(27)29/h2-4,9-10,13,17,22,25H,5-8,11-12H2,1H3,(H,26,29)/t13-,17?,22-/m1/s1. The summed E-state index contributed by atoms with van der Waals surface area (Å²) < 4.78 is 17.7. The maximum Gasteiger partial charge on any atom is 0.328 e. The molecule has 1 fully saturated rings. The summed E-state index contributed by atoms with van der Waals surface area (Å²) in [5, 5.41) is 4.08. The summed E-state index contributed by atoms with van der Waals surface area (Å²) in [7, 11) is 1.72. The number of hydrogen-bond acceptors (Lipinski definition) is 6. The van der Waals surface area contributed by atoms with Gasteiger partial charge in [-0.15, -0.1) is 0 Å². The highest BCUT2D eigenvalue weighted by atomic mass is 16.7. The van der Waals surface area contributed by atoms with Crippen LogP contribution in [0.3, 0.4) is 0 Å². The number of ether oxygens (including phenoxy) is 3. The van der Waals surface area contributed by atoms with Crippen LogP contribution in [-0.2, 0) is 13.0 Å². The lowest BCUT2D eigenvalue weighted by atomic mass is 9.73. The fraction of sp³-hybridized carbons (Fsp3) is 0.417. The van der Waals surface area contributed by atoms with Gasteiger partial charge in [-0.05, 0) is 55.0 Å². The van der Waals surface area contributed by atoms with Gasteiger partial charge < -0.3 is 24.5 Å². The monoisotopic (exact) mass is 435 g/mol. The first-order valence-electron chi connectivity index (χ1n) is 11.1. The number of aromatic nitrogens is 2. The van der Waals surface area contributed by atoms with Crippen LogP contribution in [0.4, 0.5) is 0 Å². The van der Waals surface area contributed by atoms with E-state index < -0.39 is 5.69 Å². The van der Waals surface area contributed by atoms with Crippen molar-refractivity contribution < 1.29 is 14.2 Å². The van der Waals surface area contributed by atoms with Crippen molar-refractivity contribution in [2.75, 3.05) is 20.4 Å². The summed E-state index contributed by atoms with van der Waals surface area (Å²) in [5.74, 6) is 2.94. The third-order valence-electron chi connectivity index (χ3n) is 7.24. The first kappa shape index (κ1) is 19.4. The Morgan fingerprint density at radius 1 is 1.19 bits per heavy atom. The molecule has 0 amide bonds. The summed E-state index contributed by atoms with van der Waals surface area (Å²) in [5.41, 5.74) is 2.39. The van der Waals surface area contributed by atoms with Crippen LogP contribution in [-0.4, -0.2) is 36.0 Å². The molecular weight excluding hydrogens is 410 g/mol. The number of rotatable bonds is 4. The van der Waals surface area contributed by atoms with Crippen LogP contribution in [0.2, 0.25) is 0 Å². The van der Waals surface area contributed by atoms with Crippen molar-refractivity contribution in [2.45, 2.75) is 37.8 Å². The molecule has 1 saturated heterocycles. The number of fused-ring (bicyclic) bond motifs is 5. The molecule has 8 heteroatoms. The first-order valence-corrected chi connectivity index (χ1v) is 11.1. The minimum Gasteiger partial charge on any atom is -0.496 e. The van der Waals surface area contributed by atoms with Crippen LogP contribution in [0.5, 0.6) is 17.2 Å². The maximum atomic E-state index is 13.1. The van der Waals surface area contributed by atoms with Gasteiger partial charge in [0.25, 0.3) is 5.56 Å². The minimum atomic E-state index is -0.401. The predicted molar refractivity (Wildman–Crippen MR) is 119 cm³/mol. The van der Waals surface area contributed by atoms with Crippen molar-refractivity contribution in [1.29, 1.82) is 0 Å². The molecule has 0 spiro atoms. The molecule has 3 aliphatic rings. The Bertz CT molecular complexity index is 1330. The molecule has 3 atom stereocenters. The van der Waals surface area contributed by atoms with Crippen LogP contribution in [0.25, 0.3) is 10.9 Å². The van der Waals surface area contributed by atoms with E-state index in [9.17, 15) is 9.59 Å². The van der Waals surface area contributed by atoms with Crippen molar-refractivity contribution in [3.8, 4) is 17.2 Å². The lowest BCUT2D eigenvalue weighted by Gasteiger charge is -2.32. The van der Waals surface area contributed by atoms with Crippen LogP contribution in [0, 0.1) is 5.92 Å². The third-order valence-corrected chi connectivity index (χ3v) is 7.24. The molecule has 0 saturated carbocycles. The fourth-order valence-corrected chi connectivity index (χ4v) is 5.72. The Kier molecular flexibility index (Phi) is 4.50. The van der Waals surface area contributed by atoms with Gasteiger partial charge in [-0.1, -0.05) is 12.1 Å². The van der Waals surface area contributed by atoms with Gasteiger partial charge >= 0.3 is 5.69 Å². The van der Waals surface area contributed by atoms with Gasteiger partial charge in [-0.2, -0.15) is 0 Å². The second-order valence-corrected chi connectivity index (χ2v) is 8.79. The van der Waals surface area contributed by atoms with Crippen molar-refractivity contribution in [3.63, 3.8) is 0 Å². The second-order valence-electron chi connectivity index (χ2n) is 8.79. The Morgan fingerprint density at radius 2 is 2.03 bits per heavy atom. The summed E-state index contributed by atoms with van der Waals surface area (Å²) in [6, 6.07) is 9.78. The Labute approximate surface area is 184 Å². The number of H-pyrrole nitrogens is 1. The molecule has 1 aromatic heterocycles. The third kappa shape index (κ3) is 2.93. The summed E-state index contributed by atoms with van der Waals surface area (Å²) in [6.07, 6.45) is 2.83. The average Bonchev–Trinajstić information content (AvgIpc) is 3.44. The Hall–Kier alpha value is -3.26. The summed E-state index contributed by atoms with van der Waals surface area (Å²) >= 11 is 0. The molecule has 1 aliphatic carbocycles. The molecule has 2 aromatic carbocycles. The molecule has 3 aromatic rings. The number of hydrogen-bond donors (Lipinski definition) is 2. The minimum absolute atomic E-state index is 0.117. The highest BCUT2D eigenvalue weighted by Gasteiger charge is 2.40. The SMILES string of the molecule is COc1cccc2c1CC[C@@H]1CNC(CCn3c(=O)[nH]c4cc5c(cc4c3=O)OCO5)[C@@H]21. The van der Waals surface area contributed by atoms with Gasteiger partial charge in [0.15, 0.2) is 11.5 Å². The quantitative estimate of drug-likeness (QED) is 0.652. The van der Waals surface area contributed by atoms with E-state index in [0.717, 1.165) is 25.1 Å². The van der Waals surface area contributed by atoms with Gasteiger partial charge in [0.2, 0.25) is 6.79 Å². The van der Waals surface area contributed by atoms with E-state index in [1.165, 1.54) is 15.7 Å². The molecule has 166 valence electrons. The predicted octanol–water partition coefficient (Wildman–Crippen LogP) is 2.14. The zero-order valence-electron chi connectivity index (χ0n) is 17.8. The first-order chi connectivity index (χ1) is 15.6. The summed E-state index contributed by atoms with van der Waals surface area (Å²) in [6.45, 7) is 1.42. The van der Waals surface area contributed by atoms with E-state index in [1.54, 1.807) is 19.2 Å². The van der Waals surface area contributed by atoms with E-state index in [4.69, 9.17) is 14.2 Å². The molecule has 32 heavy (non-hydrogen) atoms. The normalized spacial score (nSPS) is 23.2. The van der Waals surface area contributed by atoms with Crippen molar-refractivity contribution in [3.05, 3.63) is 62.3 Å². The molecule has 0 bridgehead atoms. The summed E-state index contributed by atoms with van der Waals surface area (Å²) in [4.78, 5) is 28.7. The van der Waals surface area contributed by atoms with Gasteiger partial charge in [0, 0.05) is 24.6 Å². The van der Waals surface area contributed by atoms with E-state index in [1.807, 2.05) is 6.07 Å². The van der Waals surface area contributed by atoms with E-state index >= 15 is 0 Å². The Balaban J connectivity index is 1.31. The van der Waals surface area contributed by atoms with Crippen LogP contribution in [0.15, 0.2) is 39.9 Å². The largest absolute Gasteiger partial charge is 0.496 e. The average molecular weight is 435 g/mol. The van der Waals surface area contributed by atoms with Crippen molar-refractivity contribution in [1.82, 2.24) is 14.9 Å². The molecule has 2 N–H and O–H groups in total. The highest BCUT2D eigenvalue weighted by molar-refractivity contribution is 5.81. The molecule has 3 heterocycles. The molecular formula is C24H25N3O5. The number of aromatic amines is 1. The molecule has 0 radical (unpaired) electrons. The molecule has 1 unspecified atom stereocenters. The highest BCUT2D eigenvalue weighted by Crippen LogP contribution is 2.45. The second kappa shape index (κ2) is 7.41. The van der Waals surface area contributed by atoms with Crippen LogP contribution < -0.4 is 30.8 Å². The molecule has 8 nitrogen and oxygen atoms in total. The number of benzene rings is 2. The lowest BCUT2D eigenvalue weighted by Crippen LogP contribution is -2.38. The lowest BCUT2D eigenvalue weighted by molar-refractivity contribution is 0.174. The molecule has 6 rings (SSSR count). The number of nitrogens with zero attached hydrogens (tertiary/aromatic N) is 1. The zero-order chi connectivity index (χ0) is 21.8. The van der Waals surface area contributed by atoms with Gasteiger partial charge in [-0.3, -0.25) is 9.36 Å². The Morgan fingerprint density at radius 3 is 2.88 bits per heavy atom. The molecule has 2 aliphatic heterocycles. The number of nitrogens with one attached hydrogen (secondary N) is 2. The van der Waals surface area contributed by atoms with Gasteiger partial charge in [0.1, 0.15) is 5.75 Å². The topological polar surface area (TPSA) is 94.6 Å². The fourth-order valence-electron chi connectivity index (χ4n) is 5.72. The maximum absolute atomic E-state index is 13.1. The van der Waals surface area contributed by atoms with Crippen LogP contribution in [0.1, 0.15) is 29.9 Å². The van der Waals surface area contributed by atoms with E-state index in [-0.39, 0.29) is 18.4 Å². The van der Waals surface area contributed by atoms with Gasteiger partial charge in [-0.25, -0.2) is 4.79 Å². The number of methoxy groups -OCH3 is 1.